The lowest BCUT2D eigenvalue weighted by Gasteiger charge is -2.33. The molecule has 17 heteroatoms. The lowest BCUT2D eigenvalue weighted by Crippen LogP contribution is -2.45. The van der Waals surface area contributed by atoms with Crippen molar-refractivity contribution < 1.29 is 50.2 Å². The van der Waals surface area contributed by atoms with E-state index < -0.39 is 102 Å². The van der Waals surface area contributed by atoms with Gasteiger partial charge in [-0.15, -0.1) is 23.2 Å². The third kappa shape index (κ3) is 6.69. The van der Waals surface area contributed by atoms with E-state index in [0.717, 1.165) is 18.2 Å². The molecule has 1 aliphatic rings. The summed E-state index contributed by atoms with van der Waals surface area (Å²) in [6.45, 7) is 4.31. The quantitative estimate of drug-likeness (QED) is 0.175. The second kappa shape index (κ2) is 12.1. The van der Waals surface area contributed by atoms with Crippen LogP contribution in [0.5, 0.6) is 0 Å². The minimum atomic E-state index is -5.05. The third-order valence-corrected chi connectivity index (χ3v) is 8.27. The Morgan fingerprint density at radius 2 is 1.50 bits per heavy atom. The number of rotatable bonds is 6. The molecule has 3 aromatic carbocycles. The second-order valence-corrected chi connectivity index (χ2v) is 13.0. The van der Waals surface area contributed by atoms with Crippen LogP contribution in [0, 0.1) is 29.2 Å². The van der Waals surface area contributed by atoms with Crippen LogP contribution in [0.3, 0.4) is 0 Å². The molecule has 46 heavy (non-hydrogen) atoms. The summed E-state index contributed by atoms with van der Waals surface area (Å²) in [4.78, 5) is 38.5. The van der Waals surface area contributed by atoms with E-state index in [4.69, 9.17) is 34.8 Å². The number of nitrogens with zero attached hydrogens (tertiary/aromatic N) is 1. The van der Waals surface area contributed by atoms with Crippen LogP contribution in [0.4, 0.5) is 52.6 Å². The average Bonchev–Trinajstić information content (AvgIpc) is 3.50. The monoisotopic (exact) mass is 713 g/mol. The van der Waals surface area contributed by atoms with Gasteiger partial charge in [-0.2, -0.15) is 13.2 Å². The van der Waals surface area contributed by atoms with Crippen molar-refractivity contribution in [3.63, 3.8) is 0 Å². The van der Waals surface area contributed by atoms with Crippen LogP contribution in [-0.4, -0.2) is 32.9 Å². The summed E-state index contributed by atoms with van der Waals surface area (Å²) < 4.78 is 96.3. The van der Waals surface area contributed by atoms with Gasteiger partial charge in [-0.25, -0.2) is 22.4 Å². The first kappa shape index (κ1) is 35.1. The number of anilines is 3. The van der Waals surface area contributed by atoms with Crippen molar-refractivity contribution in [2.45, 2.75) is 42.7 Å². The van der Waals surface area contributed by atoms with Gasteiger partial charge in [0, 0.05) is 17.1 Å². The van der Waals surface area contributed by atoms with Crippen molar-refractivity contribution in [2.24, 2.45) is 5.92 Å². The van der Waals surface area contributed by atoms with Crippen LogP contribution in [0.25, 0.3) is 0 Å². The molecule has 7 nitrogen and oxygen atoms in total. The minimum absolute atomic E-state index is 0.208. The molecule has 0 bridgehead atoms. The number of carbonyl (C=O) groups excluding carboxylic acids is 2. The SMILES string of the molecule is CC(C)(C)N(C(=O)O)c1ccc(F)c(NC(=O)c2cc(NC(=O)[C@H]3[C@H](c4ccc(F)c(C(F)(F)F)c4)C3(Cl)Cl)cc(F)c2Cl)c1F. The fraction of sp³-hybridized carbons (Fsp3) is 0.276. The van der Waals surface area contributed by atoms with Gasteiger partial charge in [0.05, 0.1) is 27.8 Å². The highest BCUT2D eigenvalue weighted by Crippen LogP contribution is 2.65. The first-order valence-electron chi connectivity index (χ1n) is 12.9. The van der Waals surface area contributed by atoms with E-state index in [1.807, 2.05) is 5.32 Å². The van der Waals surface area contributed by atoms with Crippen molar-refractivity contribution in [2.75, 3.05) is 15.5 Å². The molecule has 0 spiro atoms. The van der Waals surface area contributed by atoms with Gasteiger partial charge in [0.15, 0.2) is 5.82 Å². The molecule has 0 saturated heterocycles. The van der Waals surface area contributed by atoms with E-state index in [1.54, 1.807) is 0 Å². The molecule has 0 heterocycles. The molecule has 1 saturated carbocycles. The number of hydrogen-bond donors (Lipinski definition) is 3. The van der Waals surface area contributed by atoms with Gasteiger partial charge < -0.3 is 15.7 Å². The Labute approximate surface area is 271 Å². The summed E-state index contributed by atoms with van der Waals surface area (Å²) in [5.74, 6) is -10.7. The zero-order valence-electron chi connectivity index (χ0n) is 23.6. The highest BCUT2D eigenvalue weighted by Gasteiger charge is 2.67. The standard InChI is InChI=1S/C29H21Cl3F7N3O4/c1-27(2,3)42(26(45)46)18-7-6-16(34)23(22(18)36)41-24(43)13-9-12(10-17(35)21(13)30)40-25(44)20-19(28(20,31)32)11-4-5-15(33)14(8-11)29(37,38)39/h4-10,19-20H,1-3H3,(H,40,44)(H,41,43)(H,45,46)/t19-,20+/m0/s1. The summed E-state index contributed by atoms with van der Waals surface area (Å²) in [5, 5.41) is 12.9. The summed E-state index contributed by atoms with van der Waals surface area (Å²) in [5.41, 5.74) is -5.87. The summed E-state index contributed by atoms with van der Waals surface area (Å²) in [7, 11) is 0. The van der Waals surface area contributed by atoms with E-state index in [2.05, 4.69) is 5.32 Å². The third-order valence-electron chi connectivity index (χ3n) is 6.94. The van der Waals surface area contributed by atoms with Gasteiger partial charge in [-0.05, 0) is 62.7 Å². The maximum absolute atomic E-state index is 15.4. The van der Waals surface area contributed by atoms with Gasteiger partial charge in [0.1, 0.15) is 27.5 Å². The summed E-state index contributed by atoms with van der Waals surface area (Å²) in [6.07, 6.45) is -6.64. The molecule has 0 aliphatic heterocycles. The fourth-order valence-electron chi connectivity index (χ4n) is 4.83. The number of benzene rings is 3. The van der Waals surface area contributed by atoms with Crippen LogP contribution in [0.1, 0.15) is 48.2 Å². The lowest BCUT2D eigenvalue weighted by atomic mass is 10.0. The van der Waals surface area contributed by atoms with Crippen molar-refractivity contribution in [3.05, 3.63) is 87.4 Å². The Morgan fingerprint density at radius 3 is 2.07 bits per heavy atom. The molecule has 1 aliphatic carbocycles. The Bertz CT molecular complexity index is 1760. The molecule has 0 unspecified atom stereocenters. The lowest BCUT2D eigenvalue weighted by molar-refractivity contribution is -0.140. The summed E-state index contributed by atoms with van der Waals surface area (Å²) >= 11 is 18.3. The molecule has 2 atom stereocenters. The van der Waals surface area contributed by atoms with Crippen LogP contribution in [0.2, 0.25) is 5.02 Å². The highest BCUT2D eigenvalue weighted by molar-refractivity contribution is 6.53. The first-order chi connectivity index (χ1) is 21.1. The molecule has 3 amide bonds. The number of alkyl halides is 5. The number of carboxylic acid groups (broad SMARTS) is 1. The predicted molar refractivity (Wildman–Crippen MR) is 157 cm³/mol. The number of amides is 3. The Balaban J connectivity index is 1.61. The van der Waals surface area contributed by atoms with E-state index in [9.17, 15) is 45.8 Å². The van der Waals surface area contributed by atoms with Crippen LogP contribution < -0.4 is 15.5 Å². The highest BCUT2D eigenvalue weighted by atomic mass is 35.5. The van der Waals surface area contributed by atoms with Gasteiger partial charge in [-0.1, -0.05) is 17.7 Å². The Kier molecular flexibility index (Phi) is 9.25. The molecular weight excluding hydrogens is 694 g/mol. The van der Waals surface area contributed by atoms with Crippen LogP contribution in [-0.2, 0) is 11.0 Å². The van der Waals surface area contributed by atoms with E-state index in [-0.39, 0.29) is 5.56 Å². The zero-order valence-corrected chi connectivity index (χ0v) is 25.9. The Hall–Kier alpha value is -3.75. The average molecular weight is 715 g/mol. The number of carbonyl (C=O) groups is 3. The predicted octanol–water partition coefficient (Wildman–Crippen LogP) is 8.98. The number of hydrogen-bond acceptors (Lipinski definition) is 3. The maximum Gasteiger partial charge on any atom is 0.419 e. The molecule has 1 fully saturated rings. The van der Waals surface area contributed by atoms with Gasteiger partial charge >= 0.3 is 12.3 Å². The molecule has 0 radical (unpaired) electrons. The van der Waals surface area contributed by atoms with E-state index in [1.165, 1.54) is 20.8 Å². The largest absolute Gasteiger partial charge is 0.465 e. The van der Waals surface area contributed by atoms with Crippen molar-refractivity contribution >= 4 is 69.8 Å². The van der Waals surface area contributed by atoms with Crippen molar-refractivity contribution in [1.82, 2.24) is 0 Å². The Morgan fingerprint density at radius 1 is 0.891 bits per heavy atom. The molecule has 246 valence electrons. The normalized spacial score (nSPS) is 17.3. The van der Waals surface area contributed by atoms with Crippen molar-refractivity contribution in [1.29, 1.82) is 0 Å². The van der Waals surface area contributed by atoms with Crippen LogP contribution >= 0.6 is 34.8 Å². The molecule has 3 N–H and O–H groups in total. The summed E-state index contributed by atoms with van der Waals surface area (Å²) in [6, 6.07) is 5.02. The minimum Gasteiger partial charge on any atom is -0.465 e. The van der Waals surface area contributed by atoms with Crippen molar-refractivity contribution in [3.8, 4) is 0 Å². The maximum atomic E-state index is 15.4. The molecular formula is C29H21Cl3F7N3O4. The number of nitrogens with one attached hydrogen (secondary N) is 2. The van der Waals surface area contributed by atoms with Gasteiger partial charge in [0.2, 0.25) is 5.91 Å². The zero-order chi connectivity index (χ0) is 34.7. The first-order valence-corrected chi connectivity index (χ1v) is 14.1. The van der Waals surface area contributed by atoms with Gasteiger partial charge in [-0.3, -0.25) is 14.5 Å². The van der Waals surface area contributed by atoms with E-state index >= 15 is 4.39 Å². The van der Waals surface area contributed by atoms with E-state index in [0.29, 0.717) is 29.2 Å². The molecule has 4 rings (SSSR count). The topological polar surface area (TPSA) is 98.7 Å². The number of halogens is 10. The van der Waals surface area contributed by atoms with Gasteiger partial charge in [0.25, 0.3) is 5.91 Å². The fourth-order valence-corrected chi connectivity index (χ4v) is 5.85. The molecule has 0 aromatic heterocycles. The molecule has 3 aromatic rings. The smallest absolute Gasteiger partial charge is 0.419 e. The second-order valence-electron chi connectivity index (χ2n) is 11.2. The van der Waals surface area contributed by atoms with Crippen LogP contribution in [0.15, 0.2) is 42.5 Å².